The molecule has 2 amide bonds. The van der Waals surface area contributed by atoms with E-state index in [4.69, 9.17) is 5.11 Å². The average Bonchev–Trinajstić information content (AvgIpc) is 2.23. The summed E-state index contributed by atoms with van der Waals surface area (Å²) in [5.74, 6) is -1.27. The van der Waals surface area contributed by atoms with E-state index in [1.165, 1.54) is 0 Å². The highest BCUT2D eigenvalue weighted by molar-refractivity contribution is 7.80. The van der Waals surface area contributed by atoms with E-state index in [1.54, 1.807) is 0 Å². The van der Waals surface area contributed by atoms with Crippen LogP contribution >= 0.6 is 12.6 Å². The molecule has 0 saturated carbocycles. The van der Waals surface area contributed by atoms with E-state index >= 15 is 0 Å². The van der Waals surface area contributed by atoms with Gasteiger partial charge in [0.25, 0.3) is 0 Å². The maximum atomic E-state index is 11.0. The molecule has 0 radical (unpaired) electrons. The number of amides is 2. The molecule has 0 aromatic heterocycles. The van der Waals surface area contributed by atoms with Gasteiger partial charge in [-0.25, -0.2) is 0 Å². The van der Waals surface area contributed by atoms with Crippen molar-refractivity contribution in [1.29, 1.82) is 0 Å². The molecule has 8 heteroatoms. The minimum atomic E-state index is -1.11. The molecule has 0 spiro atoms. The van der Waals surface area contributed by atoms with Crippen LogP contribution in [-0.4, -0.2) is 54.8 Å². The van der Waals surface area contributed by atoms with Gasteiger partial charge in [0.05, 0.1) is 13.1 Å². The van der Waals surface area contributed by atoms with Crippen LogP contribution in [0.3, 0.4) is 0 Å². The van der Waals surface area contributed by atoms with Gasteiger partial charge in [-0.15, -0.1) is 0 Å². The van der Waals surface area contributed by atoms with E-state index in [1.807, 2.05) is 0 Å². The lowest BCUT2D eigenvalue weighted by Crippen LogP contribution is -2.41. The van der Waals surface area contributed by atoms with Gasteiger partial charge in [0.15, 0.2) is 0 Å². The van der Waals surface area contributed by atoms with Crippen molar-refractivity contribution in [1.82, 2.24) is 16.0 Å². The van der Waals surface area contributed by atoms with Crippen molar-refractivity contribution in [2.45, 2.75) is 0 Å². The monoisotopic (exact) mass is 249 g/mol. The molecule has 0 aliphatic carbocycles. The molecule has 7 nitrogen and oxygen atoms in total. The predicted octanol–water partition coefficient (Wildman–Crippen LogP) is -2.18. The van der Waals surface area contributed by atoms with Crippen molar-refractivity contribution >= 4 is 30.4 Å². The number of aliphatic carboxylic acids is 1. The summed E-state index contributed by atoms with van der Waals surface area (Å²) in [6.45, 7) is -0.0446. The molecule has 16 heavy (non-hydrogen) atoms. The van der Waals surface area contributed by atoms with E-state index in [9.17, 15) is 14.4 Å². The van der Waals surface area contributed by atoms with Crippen LogP contribution in [0.4, 0.5) is 0 Å². The fraction of sp³-hybridized carbons (Fsp3) is 0.625. The van der Waals surface area contributed by atoms with Gasteiger partial charge >= 0.3 is 5.97 Å². The van der Waals surface area contributed by atoms with Crippen LogP contribution in [0.25, 0.3) is 0 Å². The normalized spacial score (nSPS) is 9.56. The zero-order valence-corrected chi connectivity index (χ0v) is 9.55. The summed E-state index contributed by atoms with van der Waals surface area (Å²) < 4.78 is 0. The molecule has 0 aliphatic rings. The first-order valence-electron chi connectivity index (χ1n) is 4.63. The number of thiol groups is 1. The number of carbonyl (C=O) groups excluding carboxylic acids is 2. The Bertz CT molecular complexity index is 260. The lowest BCUT2D eigenvalue weighted by Gasteiger charge is -2.05. The van der Waals surface area contributed by atoms with Gasteiger partial charge in [-0.3, -0.25) is 19.7 Å². The van der Waals surface area contributed by atoms with Gasteiger partial charge in [0.2, 0.25) is 11.8 Å². The molecule has 0 saturated heterocycles. The molecule has 0 aromatic rings. The summed E-state index contributed by atoms with van der Waals surface area (Å²) in [4.78, 5) is 32.1. The van der Waals surface area contributed by atoms with Gasteiger partial charge < -0.3 is 15.7 Å². The summed E-state index contributed by atoms with van der Waals surface area (Å²) >= 11 is 3.91. The average molecular weight is 249 g/mol. The maximum absolute atomic E-state index is 11.0. The molecular weight excluding hydrogens is 234 g/mol. The Kier molecular flexibility index (Phi) is 8.26. The van der Waals surface area contributed by atoms with E-state index in [2.05, 4.69) is 28.6 Å². The standard InChI is InChI=1S/C8H15N3O4S/c12-6(10-1-2-16)3-9-4-7(13)11-5-8(14)15/h9,16H,1-5H2,(H,10,12)(H,11,13)(H,14,15). The SMILES string of the molecule is O=C(O)CNC(=O)CNCC(=O)NCCS. The summed E-state index contributed by atoms with van der Waals surface area (Å²) in [6, 6.07) is 0. The van der Waals surface area contributed by atoms with Gasteiger partial charge in [-0.1, -0.05) is 0 Å². The molecule has 4 N–H and O–H groups in total. The molecule has 92 valence electrons. The molecular formula is C8H15N3O4S. The van der Waals surface area contributed by atoms with E-state index in [0.717, 1.165) is 0 Å². The zero-order valence-electron chi connectivity index (χ0n) is 8.65. The third kappa shape index (κ3) is 9.28. The fourth-order valence-corrected chi connectivity index (χ4v) is 0.896. The summed E-state index contributed by atoms with van der Waals surface area (Å²) in [6.07, 6.45) is 0. The van der Waals surface area contributed by atoms with Gasteiger partial charge in [0, 0.05) is 12.3 Å². The van der Waals surface area contributed by atoms with Crippen LogP contribution < -0.4 is 16.0 Å². The van der Waals surface area contributed by atoms with Gasteiger partial charge in [-0.05, 0) is 0 Å². The highest BCUT2D eigenvalue weighted by Crippen LogP contribution is 1.71. The number of carbonyl (C=O) groups is 3. The number of carboxylic acid groups (broad SMARTS) is 1. The topological polar surface area (TPSA) is 108 Å². The highest BCUT2D eigenvalue weighted by Gasteiger charge is 2.04. The molecule has 0 fully saturated rings. The third-order valence-electron chi connectivity index (χ3n) is 1.44. The largest absolute Gasteiger partial charge is 0.480 e. The summed E-state index contributed by atoms with van der Waals surface area (Å²) in [7, 11) is 0. The van der Waals surface area contributed by atoms with Crippen molar-refractivity contribution in [2.24, 2.45) is 0 Å². The molecule has 0 bridgehead atoms. The van der Waals surface area contributed by atoms with Crippen LogP contribution in [0.1, 0.15) is 0 Å². The maximum Gasteiger partial charge on any atom is 0.322 e. The summed E-state index contributed by atoms with van der Waals surface area (Å²) in [5.41, 5.74) is 0. The fourth-order valence-electron chi connectivity index (χ4n) is 0.784. The Hall–Kier alpha value is -1.28. The van der Waals surface area contributed by atoms with Gasteiger partial charge in [0.1, 0.15) is 6.54 Å². The molecule has 0 heterocycles. The van der Waals surface area contributed by atoms with Crippen molar-refractivity contribution in [3.05, 3.63) is 0 Å². The first-order valence-corrected chi connectivity index (χ1v) is 5.26. The number of nitrogens with one attached hydrogen (secondary N) is 3. The van der Waals surface area contributed by atoms with Crippen LogP contribution in [0.5, 0.6) is 0 Å². The number of carboxylic acids is 1. The number of hydrogen-bond acceptors (Lipinski definition) is 5. The van der Waals surface area contributed by atoms with Crippen LogP contribution in [0.15, 0.2) is 0 Å². The predicted molar refractivity (Wildman–Crippen MR) is 60.4 cm³/mol. The van der Waals surface area contributed by atoms with Crippen molar-refractivity contribution in [3.63, 3.8) is 0 Å². The second-order valence-corrected chi connectivity index (χ2v) is 3.29. The molecule has 0 atom stereocenters. The number of rotatable bonds is 8. The van der Waals surface area contributed by atoms with E-state index in [-0.39, 0.29) is 19.0 Å². The molecule has 0 rings (SSSR count). The number of hydrogen-bond donors (Lipinski definition) is 5. The second-order valence-electron chi connectivity index (χ2n) is 2.85. The first kappa shape index (κ1) is 14.7. The minimum Gasteiger partial charge on any atom is -0.480 e. The van der Waals surface area contributed by atoms with Gasteiger partial charge in [-0.2, -0.15) is 12.6 Å². The second kappa shape index (κ2) is 8.98. The molecule has 0 aromatic carbocycles. The Balaban J connectivity index is 3.46. The lowest BCUT2D eigenvalue weighted by molar-refractivity contribution is -0.137. The van der Waals surface area contributed by atoms with E-state index in [0.29, 0.717) is 12.3 Å². The summed E-state index contributed by atoms with van der Waals surface area (Å²) in [5, 5.41) is 15.5. The molecule has 0 aliphatic heterocycles. The highest BCUT2D eigenvalue weighted by atomic mass is 32.1. The van der Waals surface area contributed by atoms with Crippen molar-refractivity contribution in [3.8, 4) is 0 Å². The Morgan fingerprint density at radius 3 is 2.06 bits per heavy atom. The Morgan fingerprint density at radius 1 is 1.00 bits per heavy atom. The Labute approximate surface area is 98.4 Å². The van der Waals surface area contributed by atoms with Crippen molar-refractivity contribution in [2.75, 3.05) is 31.9 Å². The van der Waals surface area contributed by atoms with E-state index < -0.39 is 18.4 Å². The van der Waals surface area contributed by atoms with Crippen LogP contribution in [-0.2, 0) is 14.4 Å². The van der Waals surface area contributed by atoms with Crippen LogP contribution in [0, 0.1) is 0 Å². The Morgan fingerprint density at radius 2 is 1.56 bits per heavy atom. The zero-order chi connectivity index (χ0) is 12.4. The quantitative estimate of drug-likeness (QED) is 0.314. The van der Waals surface area contributed by atoms with Crippen LogP contribution in [0.2, 0.25) is 0 Å². The minimum absolute atomic E-state index is 0.00820. The smallest absolute Gasteiger partial charge is 0.322 e. The van der Waals surface area contributed by atoms with Crippen molar-refractivity contribution < 1.29 is 19.5 Å². The first-order chi connectivity index (χ1) is 7.56. The third-order valence-corrected chi connectivity index (χ3v) is 1.67. The lowest BCUT2D eigenvalue weighted by atomic mass is 10.5. The molecule has 0 unspecified atom stereocenters.